The number of carboxylic acid groups (broad SMARTS) is 1. The second-order valence-corrected chi connectivity index (χ2v) is 10.5. The number of likely N-dealkylation sites (tertiary alicyclic amines) is 1. The summed E-state index contributed by atoms with van der Waals surface area (Å²) in [5.41, 5.74) is 2.21. The number of nitrogens with zero attached hydrogens (tertiary/aromatic N) is 1. The van der Waals surface area contributed by atoms with Gasteiger partial charge in [-0.3, -0.25) is 0 Å². The summed E-state index contributed by atoms with van der Waals surface area (Å²) in [6.07, 6.45) is 0.985. The molecule has 0 unspecified atom stereocenters. The van der Waals surface area contributed by atoms with E-state index in [-0.39, 0.29) is 17.5 Å². The van der Waals surface area contributed by atoms with Gasteiger partial charge in [0.05, 0.1) is 14.2 Å². The third-order valence-corrected chi connectivity index (χ3v) is 8.12. The highest BCUT2D eigenvalue weighted by molar-refractivity contribution is 7.98. The number of urea groups is 1. The number of anilines is 1. The fourth-order valence-electron chi connectivity index (χ4n) is 5.45. The minimum absolute atomic E-state index is 0.0790. The summed E-state index contributed by atoms with van der Waals surface area (Å²) in [7, 11) is 5.55. The predicted octanol–water partition coefficient (Wildman–Crippen LogP) is 5.38. The van der Waals surface area contributed by atoms with Crippen LogP contribution in [0.15, 0.2) is 47.4 Å². The fourth-order valence-corrected chi connectivity index (χ4v) is 5.91. The van der Waals surface area contributed by atoms with Crippen molar-refractivity contribution in [3.8, 4) is 11.5 Å². The predicted molar refractivity (Wildman–Crippen MR) is 144 cm³/mol. The number of fused-ring (bicyclic) bond motifs is 1. The van der Waals surface area contributed by atoms with Crippen LogP contribution in [0.5, 0.6) is 11.5 Å². The highest BCUT2D eigenvalue weighted by Gasteiger charge is 2.50. The van der Waals surface area contributed by atoms with Crippen molar-refractivity contribution in [1.29, 1.82) is 0 Å². The van der Waals surface area contributed by atoms with Gasteiger partial charge in [-0.1, -0.05) is 12.1 Å². The Balaban J connectivity index is 0.000000532. The summed E-state index contributed by atoms with van der Waals surface area (Å²) < 4.78 is 42.8. The van der Waals surface area contributed by atoms with Crippen molar-refractivity contribution >= 4 is 29.4 Å². The molecule has 2 amide bonds. The van der Waals surface area contributed by atoms with Gasteiger partial charge in [0.15, 0.2) is 11.5 Å². The normalized spacial score (nSPS) is 22.6. The molecule has 4 rings (SSSR count). The van der Waals surface area contributed by atoms with Crippen LogP contribution in [0.4, 0.5) is 23.7 Å². The molecule has 0 bridgehead atoms. The topological polar surface area (TPSA) is 100 Å². The van der Waals surface area contributed by atoms with Gasteiger partial charge in [0.25, 0.3) is 0 Å². The molecule has 1 saturated heterocycles. The van der Waals surface area contributed by atoms with E-state index in [0.29, 0.717) is 6.04 Å². The summed E-state index contributed by atoms with van der Waals surface area (Å²) in [5, 5.41) is 13.3. The number of carbonyl (C=O) groups excluding carboxylic acids is 1. The smallest absolute Gasteiger partial charge is 0.490 e. The van der Waals surface area contributed by atoms with Crippen molar-refractivity contribution in [3.63, 3.8) is 0 Å². The van der Waals surface area contributed by atoms with Crippen LogP contribution in [-0.4, -0.2) is 74.3 Å². The van der Waals surface area contributed by atoms with Gasteiger partial charge in [0, 0.05) is 28.1 Å². The molecule has 0 radical (unpaired) electrons. The average Bonchev–Trinajstić information content (AvgIpc) is 3.24. The van der Waals surface area contributed by atoms with Gasteiger partial charge in [0.1, 0.15) is 0 Å². The van der Waals surface area contributed by atoms with Crippen LogP contribution in [0.25, 0.3) is 0 Å². The van der Waals surface area contributed by atoms with Crippen molar-refractivity contribution in [2.45, 2.75) is 54.3 Å². The van der Waals surface area contributed by atoms with Crippen LogP contribution < -0.4 is 20.1 Å². The van der Waals surface area contributed by atoms with E-state index < -0.39 is 12.1 Å². The van der Waals surface area contributed by atoms with Crippen LogP contribution in [-0.2, 0) is 10.2 Å². The molecule has 2 aromatic rings. The zero-order chi connectivity index (χ0) is 28.8. The summed E-state index contributed by atoms with van der Waals surface area (Å²) >= 11 is 1.66. The molecule has 8 nitrogen and oxygen atoms in total. The summed E-state index contributed by atoms with van der Waals surface area (Å²) in [6.45, 7) is 1.05. The van der Waals surface area contributed by atoms with Crippen molar-refractivity contribution in [1.82, 2.24) is 10.2 Å². The van der Waals surface area contributed by atoms with Gasteiger partial charge in [0.2, 0.25) is 0 Å². The number of thioether (sulfide) groups is 1. The van der Waals surface area contributed by atoms with E-state index in [9.17, 15) is 18.0 Å². The molecular weight excluding hydrogens is 535 g/mol. The molecule has 2 fully saturated rings. The number of aliphatic carboxylic acids is 1. The van der Waals surface area contributed by atoms with E-state index in [2.05, 4.69) is 34.7 Å². The lowest BCUT2D eigenvalue weighted by Crippen LogP contribution is -2.52. The van der Waals surface area contributed by atoms with E-state index in [4.69, 9.17) is 19.4 Å². The van der Waals surface area contributed by atoms with Crippen LogP contribution in [0.3, 0.4) is 0 Å². The lowest BCUT2D eigenvalue weighted by atomic mass is 9.65. The monoisotopic (exact) mass is 569 g/mol. The number of carboxylic acids is 1. The van der Waals surface area contributed by atoms with E-state index in [1.165, 1.54) is 5.56 Å². The SMILES string of the molecule is COc1ccc([C@@]23CC[C@@H](NC(=O)Nc4cccc(SC)c4)C[C@@H]2N(C)CC3)cc1OC.O=C(O)C(F)(F)F. The Hall–Kier alpha value is -3.12. The van der Waals surface area contributed by atoms with Crippen LogP contribution in [0, 0.1) is 0 Å². The van der Waals surface area contributed by atoms with E-state index in [1.807, 2.05) is 36.6 Å². The van der Waals surface area contributed by atoms with Crippen molar-refractivity contribution in [3.05, 3.63) is 48.0 Å². The largest absolute Gasteiger partial charge is 0.493 e. The Labute approximate surface area is 230 Å². The number of benzene rings is 2. The maximum Gasteiger partial charge on any atom is 0.490 e. The first kappa shape index (κ1) is 30.4. The van der Waals surface area contributed by atoms with Gasteiger partial charge in [-0.2, -0.15) is 13.2 Å². The Bertz CT molecular complexity index is 1170. The van der Waals surface area contributed by atoms with E-state index in [0.717, 1.165) is 54.3 Å². The molecule has 0 aromatic heterocycles. The number of ether oxygens (including phenoxy) is 2. The molecule has 3 N–H and O–H groups in total. The lowest BCUT2D eigenvalue weighted by molar-refractivity contribution is -0.192. The highest BCUT2D eigenvalue weighted by Crippen LogP contribution is 2.49. The van der Waals surface area contributed by atoms with Gasteiger partial charge in [-0.15, -0.1) is 11.8 Å². The fraction of sp³-hybridized carbons (Fsp3) is 0.481. The van der Waals surface area contributed by atoms with Crippen molar-refractivity contribution < 1.29 is 37.3 Å². The quantitative estimate of drug-likeness (QED) is 0.402. The molecule has 1 aliphatic carbocycles. The number of amides is 2. The molecule has 39 heavy (non-hydrogen) atoms. The Morgan fingerprint density at radius 1 is 1.10 bits per heavy atom. The Morgan fingerprint density at radius 2 is 1.79 bits per heavy atom. The molecule has 3 atom stereocenters. The number of likely N-dealkylation sites (N-methyl/N-ethyl adjacent to an activating group) is 1. The third kappa shape index (κ3) is 7.30. The number of alkyl halides is 3. The highest BCUT2D eigenvalue weighted by atomic mass is 32.2. The molecular formula is C27H34F3N3O5S. The molecule has 1 heterocycles. The first-order valence-electron chi connectivity index (χ1n) is 12.4. The molecule has 2 aliphatic rings. The minimum Gasteiger partial charge on any atom is -0.493 e. The number of halogens is 3. The maximum atomic E-state index is 12.7. The van der Waals surface area contributed by atoms with Gasteiger partial charge >= 0.3 is 18.2 Å². The second kappa shape index (κ2) is 12.8. The van der Waals surface area contributed by atoms with Gasteiger partial charge in [-0.25, -0.2) is 9.59 Å². The standard InChI is InChI=1S/C25H33N3O3S.C2HF3O2/c1-28-13-12-25(17-8-9-21(30-2)22(14-17)31-3)11-10-19(16-23(25)28)27-24(29)26-18-6-5-7-20(15-18)32-4;3-2(4,5)1(6)7/h5-9,14-15,19,23H,10-13,16H2,1-4H3,(H2,26,27,29);(H,6,7)/t19-,23+,25+;/m1./s1. The van der Waals surface area contributed by atoms with Crippen molar-refractivity contribution in [2.75, 3.05) is 39.4 Å². The lowest BCUT2D eigenvalue weighted by Gasteiger charge is -2.45. The van der Waals surface area contributed by atoms with Gasteiger partial charge < -0.3 is 30.1 Å². The number of rotatable bonds is 6. The number of carbonyl (C=O) groups is 2. The molecule has 214 valence electrons. The van der Waals surface area contributed by atoms with E-state index in [1.54, 1.807) is 26.0 Å². The molecule has 0 spiro atoms. The van der Waals surface area contributed by atoms with Crippen LogP contribution in [0.2, 0.25) is 0 Å². The number of nitrogens with one attached hydrogen (secondary N) is 2. The Kier molecular flexibility index (Phi) is 10.0. The number of hydrogen-bond acceptors (Lipinski definition) is 6. The number of methoxy groups -OCH3 is 2. The summed E-state index contributed by atoms with van der Waals surface area (Å²) in [6, 6.07) is 14.7. The zero-order valence-electron chi connectivity index (χ0n) is 22.3. The van der Waals surface area contributed by atoms with Gasteiger partial charge in [-0.05, 0) is 81.4 Å². The minimum atomic E-state index is -5.08. The summed E-state index contributed by atoms with van der Waals surface area (Å²) in [5.74, 6) is -1.22. The second-order valence-electron chi connectivity index (χ2n) is 9.58. The Morgan fingerprint density at radius 3 is 2.41 bits per heavy atom. The summed E-state index contributed by atoms with van der Waals surface area (Å²) in [4.78, 5) is 25.2. The van der Waals surface area contributed by atoms with Crippen LogP contribution in [0.1, 0.15) is 31.2 Å². The number of hydrogen-bond donors (Lipinski definition) is 3. The first-order chi connectivity index (χ1) is 18.4. The molecule has 2 aromatic carbocycles. The maximum absolute atomic E-state index is 12.7. The molecule has 1 aliphatic heterocycles. The average molecular weight is 570 g/mol. The molecule has 1 saturated carbocycles. The third-order valence-electron chi connectivity index (χ3n) is 7.39. The first-order valence-corrected chi connectivity index (χ1v) is 13.6. The van der Waals surface area contributed by atoms with Crippen molar-refractivity contribution in [2.24, 2.45) is 0 Å². The van der Waals surface area contributed by atoms with Crippen LogP contribution >= 0.6 is 11.8 Å². The zero-order valence-corrected chi connectivity index (χ0v) is 23.1. The molecule has 12 heteroatoms. The van der Waals surface area contributed by atoms with E-state index >= 15 is 0 Å².